The minimum absolute atomic E-state index is 0.00242. The van der Waals surface area contributed by atoms with Crippen LogP contribution in [-0.2, 0) is 0 Å². The summed E-state index contributed by atoms with van der Waals surface area (Å²) in [5.41, 5.74) is 1.19. The quantitative estimate of drug-likeness (QED) is 0.791. The van der Waals surface area contributed by atoms with Crippen molar-refractivity contribution in [3.63, 3.8) is 0 Å². The van der Waals surface area contributed by atoms with Gasteiger partial charge in [-0.25, -0.2) is 0 Å². The number of hydrogen-bond donors (Lipinski definition) is 3. The molecule has 3 rings (SSSR count). The second kappa shape index (κ2) is 6.81. The summed E-state index contributed by atoms with van der Waals surface area (Å²) >= 11 is 5.82. The molecule has 2 aromatic rings. The lowest BCUT2D eigenvalue weighted by Crippen LogP contribution is -2.46. The van der Waals surface area contributed by atoms with Crippen molar-refractivity contribution in [2.75, 3.05) is 13.1 Å². The van der Waals surface area contributed by atoms with Gasteiger partial charge in [-0.3, -0.25) is 9.59 Å². The highest BCUT2D eigenvalue weighted by Gasteiger charge is 2.25. The molecule has 2 aromatic heterocycles. The second-order valence-electron chi connectivity index (χ2n) is 5.67. The van der Waals surface area contributed by atoms with Gasteiger partial charge < -0.3 is 20.2 Å². The normalized spacial score (nSPS) is 15.1. The van der Waals surface area contributed by atoms with E-state index in [1.165, 1.54) is 0 Å². The first-order chi connectivity index (χ1) is 11.6. The number of amides is 2. The summed E-state index contributed by atoms with van der Waals surface area (Å²) < 4.78 is 0. The average molecular weight is 346 g/mol. The summed E-state index contributed by atoms with van der Waals surface area (Å²) in [6.07, 6.45) is 2.93. The molecule has 1 aliphatic heterocycles. The third kappa shape index (κ3) is 3.44. The van der Waals surface area contributed by atoms with Crippen LogP contribution in [0.5, 0.6) is 0 Å². The van der Waals surface area contributed by atoms with Gasteiger partial charge in [-0.05, 0) is 31.0 Å². The van der Waals surface area contributed by atoms with Gasteiger partial charge in [0.1, 0.15) is 23.2 Å². The molecule has 124 valence electrons. The first-order valence-electron chi connectivity index (χ1n) is 7.60. The molecule has 2 amide bonds. The summed E-state index contributed by atoms with van der Waals surface area (Å²) in [7, 11) is 0. The van der Waals surface area contributed by atoms with Gasteiger partial charge in [0.15, 0.2) is 0 Å². The van der Waals surface area contributed by atoms with Crippen molar-refractivity contribution in [2.24, 2.45) is 0 Å². The fraction of sp³-hybridized carbons (Fsp3) is 0.312. The molecule has 1 aliphatic rings. The number of nitrogens with zero attached hydrogens (tertiary/aromatic N) is 2. The van der Waals surface area contributed by atoms with E-state index in [2.05, 4.69) is 15.3 Å². The Bertz CT molecular complexity index is 795. The number of halogens is 1. The van der Waals surface area contributed by atoms with Crippen LogP contribution in [0, 0.1) is 11.3 Å². The second-order valence-corrected chi connectivity index (χ2v) is 6.11. The number of likely N-dealkylation sites (tertiary alicyclic amines) is 1. The summed E-state index contributed by atoms with van der Waals surface area (Å²) in [6, 6.07) is 6.71. The standard InChI is InChI=1S/C16H16ClN5O2/c17-10-7-14(19-9-10)16(24)22-5-3-11(4-6-22)21-15(23)13-2-1-12(8-18)20-13/h1-2,7,9,11,19-20H,3-6H2,(H,21,23). The minimum atomic E-state index is -0.238. The van der Waals surface area contributed by atoms with Crippen LogP contribution in [0.2, 0.25) is 5.02 Å². The van der Waals surface area contributed by atoms with Gasteiger partial charge in [0.05, 0.1) is 5.02 Å². The number of nitrogens with one attached hydrogen (secondary N) is 3. The molecule has 0 aromatic carbocycles. The molecule has 0 bridgehead atoms. The largest absolute Gasteiger partial charge is 0.356 e. The van der Waals surface area contributed by atoms with Crippen molar-refractivity contribution < 1.29 is 9.59 Å². The molecule has 0 saturated carbocycles. The molecular formula is C16H16ClN5O2. The molecular weight excluding hydrogens is 330 g/mol. The van der Waals surface area contributed by atoms with Gasteiger partial charge in [0, 0.05) is 25.3 Å². The van der Waals surface area contributed by atoms with E-state index >= 15 is 0 Å². The fourth-order valence-electron chi connectivity index (χ4n) is 2.74. The Morgan fingerprint density at radius 2 is 2.04 bits per heavy atom. The average Bonchev–Trinajstić information content (AvgIpc) is 3.23. The van der Waals surface area contributed by atoms with Crippen molar-refractivity contribution in [1.82, 2.24) is 20.2 Å². The summed E-state index contributed by atoms with van der Waals surface area (Å²) in [6.45, 7) is 1.13. The van der Waals surface area contributed by atoms with Crippen LogP contribution >= 0.6 is 11.6 Å². The number of aromatic amines is 2. The molecule has 7 nitrogen and oxygen atoms in total. The Labute approximate surface area is 143 Å². The maximum atomic E-state index is 12.3. The van der Waals surface area contributed by atoms with E-state index in [1.807, 2.05) is 6.07 Å². The van der Waals surface area contributed by atoms with Crippen molar-refractivity contribution in [3.8, 4) is 6.07 Å². The van der Waals surface area contributed by atoms with Gasteiger partial charge in [0.2, 0.25) is 0 Å². The van der Waals surface area contributed by atoms with Crippen molar-refractivity contribution in [3.05, 3.63) is 46.5 Å². The Balaban J connectivity index is 1.52. The molecule has 0 aliphatic carbocycles. The predicted octanol–water partition coefficient (Wildman–Crippen LogP) is 1.90. The molecule has 1 saturated heterocycles. The number of hydrogen-bond acceptors (Lipinski definition) is 3. The number of nitriles is 1. The van der Waals surface area contributed by atoms with E-state index < -0.39 is 0 Å². The molecule has 3 heterocycles. The molecule has 0 radical (unpaired) electrons. The first-order valence-corrected chi connectivity index (χ1v) is 7.98. The lowest BCUT2D eigenvalue weighted by Gasteiger charge is -2.32. The van der Waals surface area contributed by atoms with E-state index in [9.17, 15) is 9.59 Å². The highest BCUT2D eigenvalue weighted by atomic mass is 35.5. The van der Waals surface area contributed by atoms with Gasteiger partial charge in [-0.2, -0.15) is 5.26 Å². The molecule has 0 atom stereocenters. The van der Waals surface area contributed by atoms with Gasteiger partial charge in [-0.15, -0.1) is 0 Å². The van der Waals surface area contributed by atoms with Crippen LogP contribution in [0.1, 0.15) is 39.5 Å². The Kier molecular flexibility index (Phi) is 4.58. The number of carbonyl (C=O) groups excluding carboxylic acids is 2. The number of aromatic nitrogens is 2. The highest BCUT2D eigenvalue weighted by molar-refractivity contribution is 6.30. The lowest BCUT2D eigenvalue weighted by molar-refractivity contribution is 0.0692. The lowest BCUT2D eigenvalue weighted by atomic mass is 10.0. The van der Waals surface area contributed by atoms with Crippen molar-refractivity contribution in [1.29, 1.82) is 5.26 Å². The molecule has 0 unspecified atom stereocenters. The molecule has 24 heavy (non-hydrogen) atoms. The highest BCUT2D eigenvalue weighted by Crippen LogP contribution is 2.16. The number of piperidine rings is 1. The Morgan fingerprint density at radius 3 is 2.62 bits per heavy atom. The maximum Gasteiger partial charge on any atom is 0.270 e. The van der Waals surface area contributed by atoms with E-state index in [-0.39, 0.29) is 17.9 Å². The van der Waals surface area contributed by atoms with E-state index in [4.69, 9.17) is 16.9 Å². The van der Waals surface area contributed by atoms with Crippen molar-refractivity contribution in [2.45, 2.75) is 18.9 Å². The minimum Gasteiger partial charge on any atom is -0.356 e. The van der Waals surface area contributed by atoms with Crippen LogP contribution in [-0.4, -0.2) is 45.8 Å². The third-order valence-electron chi connectivity index (χ3n) is 4.05. The topological polar surface area (TPSA) is 105 Å². The Morgan fingerprint density at radius 1 is 1.29 bits per heavy atom. The van der Waals surface area contributed by atoms with Crippen LogP contribution in [0.15, 0.2) is 24.4 Å². The first kappa shape index (κ1) is 16.1. The van der Waals surface area contributed by atoms with Gasteiger partial charge in [0.25, 0.3) is 11.8 Å². The number of rotatable bonds is 3. The predicted molar refractivity (Wildman–Crippen MR) is 87.7 cm³/mol. The number of H-pyrrole nitrogens is 2. The smallest absolute Gasteiger partial charge is 0.270 e. The molecule has 1 fully saturated rings. The van der Waals surface area contributed by atoms with Gasteiger partial charge >= 0.3 is 0 Å². The summed E-state index contributed by atoms with van der Waals surface area (Å²) in [4.78, 5) is 31.8. The van der Waals surface area contributed by atoms with Crippen LogP contribution in [0.4, 0.5) is 0 Å². The zero-order chi connectivity index (χ0) is 17.1. The van der Waals surface area contributed by atoms with Crippen LogP contribution in [0.3, 0.4) is 0 Å². The SMILES string of the molecule is N#Cc1ccc(C(=O)NC2CCN(C(=O)c3cc(Cl)c[nH]3)CC2)[nH]1. The van der Waals surface area contributed by atoms with E-state index in [1.54, 1.807) is 29.3 Å². The maximum absolute atomic E-state index is 12.3. The number of carbonyl (C=O) groups is 2. The van der Waals surface area contributed by atoms with Crippen LogP contribution in [0.25, 0.3) is 0 Å². The zero-order valence-electron chi connectivity index (χ0n) is 12.8. The van der Waals surface area contributed by atoms with Gasteiger partial charge in [-0.1, -0.05) is 11.6 Å². The van der Waals surface area contributed by atoms with E-state index in [0.29, 0.717) is 48.0 Å². The molecule has 3 N–H and O–H groups in total. The summed E-state index contributed by atoms with van der Waals surface area (Å²) in [5, 5.41) is 12.2. The van der Waals surface area contributed by atoms with Crippen molar-refractivity contribution >= 4 is 23.4 Å². The monoisotopic (exact) mass is 345 g/mol. The third-order valence-corrected chi connectivity index (χ3v) is 4.26. The molecule has 0 spiro atoms. The summed E-state index contributed by atoms with van der Waals surface area (Å²) in [5.74, 6) is -0.327. The van der Waals surface area contributed by atoms with Crippen LogP contribution < -0.4 is 5.32 Å². The molecule has 8 heteroatoms. The van der Waals surface area contributed by atoms with E-state index in [0.717, 1.165) is 0 Å². The fourth-order valence-corrected chi connectivity index (χ4v) is 2.91. The zero-order valence-corrected chi connectivity index (χ0v) is 13.6. The Hall–Kier alpha value is -2.72.